The van der Waals surface area contributed by atoms with Crippen molar-refractivity contribution in [3.05, 3.63) is 58.1 Å². The minimum atomic E-state index is -4.71. The van der Waals surface area contributed by atoms with E-state index in [9.17, 15) is 27.2 Å². The van der Waals surface area contributed by atoms with Crippen LogP contribution in [0.5, 0.6) is 0 Å². The summed E-state index contributed by atoms with van der Waals surface area (Å²) in [6.45, 7) is 0. The van der Waals surface area contributed by atoms with E-state index in [4.69, 9.17) is 4.42 Å². The average Bonchev–Trinajstić information content (AvgIpc) is 3.33. The van der Waals surface area contributed by atoms with Crippen LogP contribution < -0.4 is 5.56 Å². The molecular weight excluding hydrogens is 424 g/mol. The van der Waals surface area contributed by atoms with Crippen LogP contribution >= 0.6 is 0 Å². The summed E-state index contributed by atoms with van der Waals surface area (Å²) in [5, 5.41) is 11.3. The molecule has 160 valence electrons. The quantitative estimate of drug-likeness (QED) is 0.495. The average molecular weight is 436 g/mol. The minimum absolute atomic E-state index is 0.0225. The number of hydrogen-bond acceptors (Lipinski definition) is 6. The molecule has 1 aromatic carbocycles. The molecule has 0 aliphatic rings. The fraction of sp³-hybridized carbons (Fsp3) is 0.167. The van der Waals surface area contributed by atoms with Gasteiger partial charge in [-0.25, -0.2) is 4.39 Å². The van der Waals surface area contributed by atoms with Gasteiger partial charge in [-0.2, -0.15) is 22.8 Å². The van der Waals surface area contributed by atoms with E-state index in [1.165, 1.54) is 25.2 Å². The third kappa shape index (κ3) is 3.53. The second kappa shape index (κ2) is 7.04. The van der Waals surface area contributed by atoms with Gasteiger partial charge in [-0.1, -0.05) is 0 Å². The van der Waals surface area contributed by atoms with Crippen molar-refractivity contribution in [3.8, 4) is 22.7 Å². The Labute approximate surface area is 169 Å². The number of benzene rings is 1. The summed E-state index contributed by atoms with van der Waals surface area (Å²) in [4.78, 5) is 28.3. The molecule has 0 fully saturated rings. The lowest BCUT2D eigenvalue weighted by Crippen LogP contribution is -2.21. The van der Waals surface area contributed by atoms with Gasteiger partial charge in [0, 0.05) is 25.7 Å². The maximum atomic E-state index is 14.4. The molecule has 1 N–H and O–H groups in total. The van der Waals surface area contributed by atoms with Crippen LogP contribution in [0.25, 0.3) is 28.4 Å². The molecule has 9 nitrogen and oxygen atoms in total. The van der Waals surface area contributed by atoms with E-state index in [2.05, 4.69) is 20.3 Å². The fourth-order valence-electron chi connectivity index (χ4n) is 2.81. The van der Waals surface area contributed by atoms with Gasteiger partial charge in [0.15, 0.2) is 5.65 Å². The van der Waals surface area contributed by atoms with Gasteiger partial charge in [0.25, 0.3) is 11.4 Å². The van der Waals surface area contributed by atoms with E-state index in [-0.39, 0.29) is 34.2 Å². The number of hydrogen-bond donors (Lipinski definition) is 1. The number of aromatic amines is 1. The molecular formula is C18H12F4N6O3. The van der Waals surface area contributed by atoms with Crippen molar-refractivity contribution in [2.24, 2.45) is 0 Å². The summed E-state index contributed by atoms with van der Waals surface area (Å²) < 4.78 is 59.0. The Balaban J connectivity index is 1.83. The number of fused-ring (bicyclic) bond motifs is 1. The third-order valence-electron chi connectivity index (χ3n) is 4.33. The van der Waals surface area contributed by atoms with Crippen LogP contribution in [0.15, 0.2) is 39.7 Å². The van der Waals surface area contributed by atoms with Gasteiger partial charge >= 0.3 is 18.0 Å². The van der Waals surface area contributed by atoms with Crippen molar-refractivity contribution < 1.29 is 26.8 Å². The van der Waals surface area contributed by atoms with Crippen LogP contribution in [0.1, 0.15) is 16.2 Å². The van der Waals surface area contributed by atoms with Crippen LogP contribution in [0.4, 0.5) is 17.6 Å². The fourth-order valence-corrected chi connectivity index (χ4v) is 2.81. The van der Waals surface area contributed by atoms with Gasteiger partial charge in [-0.15, -0.1) is 10.2 Å². The highest BCUT2D eigenvalue weighted by Crippen LogP contribution is 2.32. The number of aromatic nitrogens is 5. The van der Waals surface area contributed by atoms with E-state index in [1.54, 1.807) is 0 Å². The molecule has 4 rings (SSSR count). The Morgan fingerprint density at radius 2 is 1.90 bits per heavy atom. The van der Waals surface area contributed by atoms with Crippen LogP contribution in [-0.4, -0.2) is 49.7 Å². The van der Waals surface area contributed by atoms with Crippen LogP contribution in [-0.2, 0) is 6.18 Å². The molecule has 3 heterocycles. The highest BCUT2D eigenvalue weighted by atomic mass is 19.4. The number of carbonyl (C=O) groups is 1. The molecule has 0 aliphatic carbocycles. The van der Waals surface area contributed by atoms with Crippen molar-refractivity contribution in [2.75, 3.05) is 14.1 Å². The van der Waals surface area contributed by atoms with Crippen molar-refractivity contribution >= 4 is 11.6 Å². The van der Waals surface area contributed by atoms with Crippen molar-refractivity contribution in [3.63, 3.8) is 0 Å². The second-order valence-electron chi connectivity index (χ2n) is 6.64. The molecule has 1 amide bonds. The standard InChI is InChI=1S/C18H12F4N6O3/c1-27(2)17(30)16-26-25-15(31-16)10-7-23-28-13(29)6-12(24-14(10)28)9-4-3-8(5-11(9)19)18(20,21)22/h3-7,24H,1-2H3. The van der Waals surface area contributed by atoms with Crippen LogP contribution in [0, 0.1) is 5.82 Å². The van der Waals surface area contributed by atoms with Crippen LogP contribution in [0.3, 0.4) is 0 Å². The Bertz CT molecular complexity index is 1370. The predicted molar refractivity (Wildman–Crippen MR) is 97.5 cm³/mol. The SMILES string of the molecule is CN(C)C(=O)c1nnc(-c2cnn3c(=O)cc(-c4ccc(C(F)(F)F)cc4F)[nH]c23)o1. The van der Waals surface area contributed by atoms with Crippen molar-refractivity contribution in [1.82, 2.24) is 29.7 Å². The maximum Gasteiger partial charge on any atom is 0.416 e. The number of nitrogens with zero attached hydrogens (tertiary/aromatic N) is 5. The number of carbonyl (C=O) groups excluding carboxylic acids is 1. The zero-order valence-electron chi connectivity index (χ0n) is 15.9. The Kier molecular flexibility index (Phi) is 4.60. The first-order chi connectivity index (χ1) is 14.6. The highest BCUT2D eigenvalue weighted by Gasteiger charge is 2.31. The molecule has 0 saturated carbocycles. The van der Waals surface area contributed by atoms with Gasteiger partial charge in [0.05, 0.1) is 17.5 Å². The zero-order valence-corrected chi connectivity index (χ0v) is 15.9. The molecule has 0 saturated heterocycles. The van der Waals surface area contributed by atoms with Crippen molar-refractivity contribution in [1.29, 1.82) is 0 Å². The number of halogens is 4. The van der Waals surface area contributed by atoms with Crippen LogP contribution in [0.2, 0.25) is 0 Å². The number of H-pyrrole nitrogens is 1. The second-order valence-corrected chi connectivity index (χ2v) is 6.64. The molecule has 0 radical (unpaired) electrons. The van der Waals surface area contributed by atoms with Crippen molar-refractivity contribution in [2.45, 2.75) is 6.18 Å². The molecule has 0 atom stereocenters. The van der Waals surface area contributed by atoms with Gasteiger partial charge in [-0.3, -0.25) is 9.59 Å². The maximum absolute atomic E-state index is 14.4. The Morgan fingerprint density at radius 3 is 2.55 bits per heavy atom. The molecule has 3 aromatic heterocycles. The first kappa shape index (κ1) is 20.3. The lowest BCUT2D eigenvalue weighted by molar-refractivity contribution is -0.137. The van der Waals surface area contributed by atoms with E-state index in [0.29, 0.717) is 12.1 Å². The molecule has 0 spiro atoms. The summed E-state index contributed by atoms with van der Waals surface area (Å²) in [6.07, 6.45) is -3.49. The highest BCUT2D eigenvalue weighted by molar-refractivity contribution is 5.89. The van der Waals surface area contributed by atoms with E-state index in [0.717, 1.165) is 16.6 Å². The lowest BCUT2D eigenvalue weighted by atomic mass is 10.1. The molecule has 0 bridgehead atoms. The van der Waals surface area contributed by atoms with Gasteiger partial charge in [0.2, 0.25) is 0 Å². The number of amides is 1. The largest absolute Gasteiger partial charge is 0.416 e. The topological polar surface area (TPSA) is 109 Å². The molecule has 13 heteroatoms. The summed E-state index contributed by atoms with van der Waals surface area (Å²) in [5.74, 6) is -2.16. The Morgan fingerprint density at radius 1 is 1.16 bits per heavy atom. The summed E-state index contributed by atoms with van der Waals surface area (Å²) in [5.41, 5.74) is -2.03. The normalized spacial score (nSPS) is 11.8. The first-order valence-corrected chi connectivity index (χ1v) is 8.60. The minimum Gasteiger partial charge on any atom is -0.412 e. The number of rotatable bonds is 3. The lowest BCUT2D eigenvalue weighted by Gasteiger charge is -2.09. The number of nitrogens with one attached hydrogen (secondary N) is 1. The van der Waals surface area contributed by atoms with E-state index in [1.807, 2.05) is 0 Å². The molecule has 0 unspecified atom stereocenters. The number of alkyl halides is 3. The predicted octanol–water partition coefficient (Wildman–Crippen LogP) is 2.60. The van der Waals surface area contributed by atoms with E-state index < -0.39 is 29.0 Å². The third-order valence-corrected chi connectivity index (χ3v) is 4.33. The molecule has 4 aromatic rings. The zero-order chi connectivity index (χ0) is 22.5. The van der Waals surface area contributed by atoms with Gasteiger partial charge < -0.3 is 14.3 Å². The van der Waals surface area contributed by atoms with E-state index >= 15 is 0 Å². The first-order valence-electron chi connectivity index (χ1n) is 8.60. The molecule has 31 heavy (non-hydrogen) atoms. The summed E-state index contributed by atoms with van der Waals surface area (Å²) in [7, 11) is 2.98. The molecule has 0 aliphatic heterocycles. The van der Waals surface area contributed by atoms with Gasteiger partial charge in [0.1, 0.15) is 11.4 Å². The summed E-state index contributed by atoms with van der Waals surface area (Å²) in [6, 6.07) is 2.95. The monoisotopic (exact) mass is 436 g/mol. The summed E-state index contributed by atoms with van der Waals surface area (Å²) >= 11 is 0. The van der Waals surface area contributed by atoms with Gasteiger partial charge in [-0.05, 0) is 18.2 Å². The Hall–Kier alpha value is -4.03. The smallest absolute Gasteiger partial charge is 0.412 e.